The lowest BCUT2D eigenvalue weighted by Gasteiger charge is -2.25. The average Bonchev–Trinajstić information content (AvgIpc) is 2.48. The van der Waals surface area contributed by atoms with E-state index in [-0.39, 0.29) is 0 Å². The third-order valence-electron chi connectivity index (χ3n) is 4.35. The quantitative estimate of drug-likeness (QED) is 0.751. The molecule has 1 aromatic carbocycles. The molecule has 1 aromatic rings. The minimum absolute atomic E-state index is 0.463. The first-order valence-corrected chi connectivity index (χ1v) is 9.07. The largest absolute Gasteiger partial charge is 0.310 e. The van der Waals surface area contributed by atoms with Crippen molar-refractivity contribution in [1.29, 1.82) is 0 Å². The molecule has 112 valence electrons. The lowest BCUT2D eigenvalue weighted by molar-refractivity contribution is 0.393. The van der Waals surface area contributed by atoms with Crippen LogP contribution >= 0.6 is 11.8 Å². The van der Waals surface area contributed by atoms with Crippen molar-refractivity contribution in [3.8, 4) is 0 Å². The second-order valence-electron chi connectivity index (χ2n) is 6.24. The molecule has 1 atom stereocenters. The van der Waals surface area contributed by atoms with Crippen LogP contribution in [0.5, 0.6) is 0 Å². The minimum atomic E-state index is 0.463. The van der Waals surface area contributed by atoms with E-state index in [2.05, 4.69) is 62.1 Å². The fourth-order valence-electron chi connectivity index (χ4n) is 2.85. The third-order valence-corrected chi connectivity index (χ3v) is 5.70. The second-order valence-corrected chi connectivity index (χ2v) is 7.62. The normalized spacial score (nSPS) is 24.6. The third kappa shape index (κ3) is 4.82. The molecule has 1 unspecified atom stereocenters. The van der Waals surface area contributed by atoms with Crippen molar-refractivity contribution >= 4 is 11.8 Å². The van der Waals surface area contributed by atoms with E-state index in [0.29, 0.717) is 6.04 Å². The van der Waals surface area contributed by atoms with Crippen molar-refractivity contribution in [2.75, 3.05) is 6.54 Å². The van der Waals surface area contributed by atoms with Crippen LogP contribution in [0.1, 0.15) is 64.5 Å². The molecule has 0 aromatic heterocycles. The van der Waals surface area contributed by atoms with Crippen molar-refractivity contribution in [1.82, 2.24) is 5.32 Å². The van der Waals surface area contributed by atoms with E-state index in [9.17, 15) is 0 Å². The minimum Gasteiger partial charge on any atom is -0.310 e. The molecule has 0 radical (unpaired) electrons. The van der Waals surface area contributed by atoms with Crippen molar-refractivity contribution in [2.24, 2.45) is 5.92 Å². The summed E-state index contributed by atoms with van der Waals surface area (Å²) in [5.74, 6) is 0.944. The summed E-state index contributed by atoms with van der Waals surface area (Å²) >= 11 is 2.08. The molecule has 1 nitrogen and oxygen atoms in total. The van der Waals surface area contributed by atoms with Crippen molar-refractivity contribution < 1.29 is 0 Å². The van der Waals surface area contributed by atoms with E-state index < -0.39 is 0 Å². The van der Waals surface area contributed by atoms with Crippen molar-refractivity contribution in [2.45, 2.75) is 69.1 Å². The zero-order valence-corrected chi connectivity index (χ0v) is 14.0. The molecule has 0 heterocycles. The van der Waals surface area contributed by atoms with Crippen LogP contribution in [0.3, 0.4) is 0 Å². The molecule has 2 heteroatoms. The first-order valence-electron chi connectivity index (χ1n) is 8.19. The van der Waals surface area contributed by atoms with Gasteiger partial charge in [0.2, 0.25) is 0 Å². The fourth-order valence-corrected chi connectivity index (χ4v) is 4.04. The van der Waals surface area contributed by atoms with Crippen LogP contribution in [0.15, 0.2) is 29.2 Å². The highest BCUT2D eigenvalue weighted by Crippen LogP contribution is 2.35. The average molecular weight is 292 g/mol. The van der Waals surface area contributed by atoms with Crippen LogP contribution in [0.25, 0.3) is 0 Å². The molecule has 1 aliphatic rings. The highest BCUT2D eigenvalue weighted by molar-refractivity contribution is 8.00. The molecule has 1 saturated carbocycles. The lowest BCUT2D eigenvalue weighted by Crippen LogP contribution is -2.19. The van der Waals surface area contributed by atoms with E-state index >= 15 is 0 Å². The summed E-state index contributed by atoms with van der Waals surface area (Å²) in [6.45, 7) is 7.95. The summed E-state index contributed by atoms with van der Waals surface area (Å²) in [5, 5.41) is 4.39. The Bertz CT molecular complexity index is 379. The van der Waals surface area contributed by atoms with Crippen LogP contribution in [-0.4, -0.2) is 11.8 Å². The monoisotopic (exact) mass is 291 g/mol. The zero-order valence-electron chi connectivity index (χ0n) is 13.2. The summed E-state index contributed by atoms with van der Waals surface area (Å²) in [7, 11) is 0. The van der Waals surface area contributed by atoms with Gasteiger partial charge in [-0.1, -0.05) is 26.0 Å². The Labute approximate surface area is 128 Å². The predicted octanol–water partition coefficient (Wildman–Crippen LogP) is 5.42. The molecular formula is C18H29NS. The van der Waals surface area contributed by atoms with Crippen LogP contribution in [0.4, 0.5) is 0 Å². The van der Waals surface area contributed by atoms with Crippen LogP contribution in [0, 0.1) is 5.92 Å². The lowest BCUT2D eigenvalue weighted by atomic mass is 9.91. The molecule has 1 N–H and O–H groups in total. The zero-order chi connectivity index (χ0) is 14.4. The molecule has 20 heavy (non-hydrogen) atoms. The maximum absolute atomic E-state index is 3.55. The van der Waals surface area contributed by atoms with Gasteiger partial charge in [0.1, 0.15) is 0 Å². The number of thioether (sulfide) groups is 1. The number of nitrogens with one attached hydrogen (secondary N) is 1. The van der Waals surface area contributed by atoms with E-state index in [1.807, 2.05) is 0 Å². The topological polar surface area (TPSA) is 12.0 Å². The molecule has 2 rings (SSSR count). The van der Waals surface area contributed by atoms with Gasteiger partial charge in [-0.25, -0.2) is 0 Å². The number of hydrogen-bond donors (Lipinski definition) is 1. The number of hydrogen-bond acceptors (Lipinski definition) is 2. The van der Waals surface area contributed by atoms with E-state index in [1.165, 1.54) is 42.6 Å². The van der Waals surface area contributed by atoms with Crippen LogP contribution in [0.2, 0.25) is 0 Å². The molecule has 0 aliphatic heterocycles. The van der Waals surface area contributed by atoms with Crippen molar-refractivity contribution in [3.05, 3.63) is 29.8 Å². The Morgan fingerprint density at radius 3 is 2.40 bits per heavy atom. The summed E-state index contributed by atoms with van der Waals surface area (Å²) < 4.78 is 0. The standard InChI is InChI=1S/C18H29NS/c1-4-13-19-15(3)16-7-11-18(12-8-16)20-17-9-5-14(2)6-10-17/h7-8,11-12,14-15,17,19H,4-6,9-10,13H2,1-3H3. The molecule has 0 amide bonds. The number of benzene rings is 1. The molecule has 0 spiro atoms. The Balaban J connectivity index is 1.85. The van der Waals surface area contributed by atoms with Gasteiger partial charge in [-0.2, -0.15) is 0 Å². The molecule has 0 bridgehead atoms. The Kier molecular flexibility index (Phi) is 6.44. The van der Waals surface area contributed by atoms with E-state index in [0.717, 1.165) is 17.7 Å². The summed E-state index contributed by atoms with van der Waals surface area (Å²) in [5.41, 5.74) is 1.40. The molecular weight excluding hydrogens is 262 g/mol. The number of rotatable bonds is 6. The Morgan fingerprint density at radius 2 is 1.80 bits per heavy atom. The van der Waals surface area contributed by atoms with Gasteiger partial charge in [0, 0.05) is 16.2 Å². The maximum Gasteiger partial charge on any atom is 0.0291 e. The fraction of sp³-hybridized carbons (Fsp3) is 0.667. The highest BCUT2D eigenvalue weighted by atomic mass is 32.2. The van der Waals surface area contributed by atoms with Crippen LogP contribution < -0.4 is 5.32 Å². The highest BCUT2D eigenvalue weighted by Gasteiger charge is 2.19. The van der Waals surface area contributed by atoms with E-state index in [1.54, 1.807) is 0 Å². The maximum atomic E-state index is 3.55. The summed E-state index contributed by atoms with van der Waals surface area (Å²) in [4.78, 5) is 1.44. The first-order chi connectivity index (χ1) is 9.69. The Morgan fingerprint density at radius 1 is 1.15 bits per heavy atom. The molecule has 1 fully saturated rings. The van der Waals surface area contributed by atoms with Gasteiger partial charge in [-0.3, -0.25) is 0 Å². The molecule has 1 aliphatic carbocycles. The Hall–Kier alpha value is -0.470. The van der Waals surface area contributed by atoms with Gasteiger partial charge < -0.3 is 5.32 Å². The van der Waals surface area contributed by atoms with Gasteiger partial charge in [0.05, 0.1) is 0 Å². The van der Waals surface area contributed by atoms with E-state index in [4.69, 9.17) is 0 Å². The van der Waals surface area contributed by atoms with Gasteiger partial charge in [-0.05, 0) is 69.2 Å². The molecule has 0 saturated heterocycles. The smallest absolute Gasteiger partial charge is 0.0291 e. The van der Waals surface area contributed by atoms with Gasteiger partial charge in [-0.15, -0.1) is 11.8 Å². The van der Waals surface area contributed by atoms with Crippen molar-refractivity contribution in [3.63, 3.8) is 0 Å². The second kappa shape index (κ2) is 8.09. The van der Waals surface area contributed by atoms with Gasteiger partial charge in [0.15, 0.2) is 0 Å². The first kappa shape index (κ1) is 15.9. The van der Waals surface area contributed by atoms with Gasteiger partial charge in [0.25, 0.3) is 0 Å². The summed E-state index contributed by atoms with van der Waals surface area (Å²) in [6.07, 6.45) is 6.80. The SMILES string of the molecule is CCCNC(C)c1ccc(SC2CCC(C)CC2)cc1. The van der Waals surface area contributed by atoms with Gasteiger partial charge >= 0.3 is 0 Å². The summed E-state index contributed by atoms with van der Waals surface area (Å²) in [6, 6.07) is 9.66. The predicted molar refractivity (Wildman–Crippen MR) is 90.4 cm³/mol. The van der Waals surface area contributed by atoms with Crippen LogP contribution in [-0.2, 0) is 0 Å².